The SMILES string of the molecule is CCCC(=O)c1cc2cc(Br)cc(F)c2o1. The van der Waals surface area contributed by atoms with Crippen molar-refractivity contribution < 1.29 is 13.6 Å². The summed E-state index contributed by atoms with van der Waals surface area (Å²) in [4.78, 5) is 11.6. The fourth-order valence-electron chi connectivity index (χ4n) is 1.56. The quantitative estimate of drug-likeness (QED) is 0.786. The summed E-state index contributed by atoms with van der Waals surface area (Å²) < 4.78 is 19.3. The molecule has 0 N–H and O–H groups in total. The van der Waals surface area contributed by atoms with Crippen molar-refractivity contribution in [2.45, 2.75) is 19.8 Å². The third-order valence-electron chi connectivity index (χ3n) is 2.29. The lowest BCUT2D eigenvalue weighted by atomic mass is 10.2. The van der Waals surface area contributed by atoms with E-state index in [1.54, 1.807) is 12.1 Å². The van der Waals surface area contributed by atoms with Gasteiger partial charge < -0.3 is 4.42 Å². The van der Waals surface area contributed by atoms with Gasteiger partial charge in [-0.15, -0.1) is 0 Å². The van der Waals surface area contributed by atoms with Gasteiger partial charge in [0.05, 0.1) is 0 Å². The van der Waals surface area contributed by atoms with E-state index in [2.05, 4.69) is 15.9 Å². The second kappa shape index (κ2) is 4.37. The van der Waals surface area contributed by atoms with Crippen LogP contribution in [0, 0.1) is 5.82 Å². The molecule has 0 unspecified atom stereocenters. The lowest BCUT2D eigenvalue weighted by Crippen LogP contribution is -1.94. The van der Waals surface area contributed by atoms with Crippen molar-refractivity contribution >= 4 is 32.7 Å². The maximum atomic E-state index is 13.5. The van der Waals surface area contributed by atoms with E-state index in [4.69, 9.17) is 4.42 Å². The number of Topliss-reactive ketones (excluding diaryl/α,β-unsaturated/α-hetero) is 1. The van der Waals surface area contributed by atoms with Gasteiger partial charge in [0.1, 0.15) is 0 Å². The van der Waals surface area contributed by atoms with Crippen LogP contribution in [0.1, 0.15) is 30.3 Å². The van der Waals surface area contributed by atoms with E-state index in [1.807, 2.05) is 6.92 Å². The number of hydrogen-bond acceptors (Lipinski definition) is 2. The van der Waals surface area contributed by atoms with Crippen molar-refractivity contribution in [2.24, 2.45) is 0 Å². The largest absolute Gasteiger partial charge is 0.450 e. The zero-order valence-electron chi connectivity index (χ0n) is 8.72. The molecule has 84 valence electrons. The van der Waals surface area contributed by atoms with Crippen LogP contribution in [0.2, 0.25) is 0 Å². The van der Waals surface area contributed by atoms with Crippen molar-refractivity contribution in [2.75, 3.05) is 0 Å². The molecule has 1 aromatic carbocycles. The van der Waals surface area contributed by atoms with E-state index in [0.29, 0.717) is 16.3 Å². The molecule has 0 radical (unpaired) electrons. The van der Waals surface area contributed by atoms with Crippen molar-refractivity contribution in [3.8, 4) is 0 Å². The molecular formula is C12H10BrFO2. The normalized spacial score (nSPS) is 10.9. The number of fused-ring (bicyclic) bond motifs is 1. The first kappa shape index (κ1) is 11.3. The molecule has 16 heavy (non-hydrogen) atoms. The van der Waals surface area contributed by atoms with Gasteiger partial charge in [-0.25, -0.2) is 4.39 Å². The van der Waals surface area contributed by atoms with Crippen molar-refractivity contribution in [1.29, 1.82) is 0 Å². The van der Waals surface area contributed by atoms with Gasteiger partial charge >= 0.3 is 0 Å². The summed E-state index contributed by atoms with van der Waals surface area (Å²) in [6.45, 7) is 1.91. The molecule has 1 aromatic heterocycles. The number of carbonyl (C=O) groups is 1. The van der Waals surface area contributed by atoms with E-state index in [1.165, 1.54) is 6.07 Å². The molecule has 0 aliphatic heterocycles. The summed E-state index contributed by atoms with van der Waals surface area (Å²) >= 11 is 3.19. The molecule has 0 aliphatic rings. The third-order valence-corrected chi connectivity index (χ3v) is 2.75. The number of rotatable bonds is 3. The summed E-state index contributed by atoms with van der Waals surface area (Å²) in [6.07, 6.45) is 1.17. The van der Waals surface area contributed by atoms with Crippen LogP contribution in [0.3, 0.4) is 0 Å². The molecule has 0 saturated heterocycles. The van der Waals surface area contributed by atoms with Crippen LogP contribution in [-0.2, 0) is 0 Å². The summed E-state index contributed by atoms with van der Waals surface area (Å²) in [5.74, 6) is -0.317. The first-order valence-electron chi connectivity index (χ1n) is 5.03. The fraction of sp³-hybridized carbons (Fsp3) is 0.250. The van der Waals surface area contributed by atoms with E-state index in [0.717, 1.165) is 6.42 Å². The first-order chi connectivity index (χ1) is 7.61. The molecule has 2 nitrogen and oxygen atoms in total. The molecule has 0 aliphatic carbocycles. The Balaban J connectivity index is 2.51. The monoisotopic (exact) mass is 284 g/mol. The Bertz CT molecular complexity index is 545. The minimum atomic E-state index is -0.458. The predicted molar refractivity (Wildman–Crippen MR) is 63.1 cm³/mol. The Kier molecular flexibility index (Phi) is 3.10. The molecule has 2 aromatic rings. The van der Waals surface area contributed by atoms with Crippen LogP contribution in [0.5, 0.6) is 0 Å². The highest BCUT2D eigenvalue weighted by Gasteiger charge is 2.14. The van der Waals surface area contributed by atoms with Crippen LogP contribution in [0.25, 0.3) is 11.0 Å². The second-order valence-corrected chi connectivity index (χ2v) is 4.51. The van der Waals surface area contributed by atoms with E-state index < -0.39 is 5.82 Å². The molecule has 0 spiro atoms. The third kappa shape index (κ3) is 2.02. The minimum absolute atomic E-state index is 0.0887. The van der Waals surface area contributed by atoms with E-state index in [-0.39, 0.29) is 17.1 Å². The van der Waals surface area contributed by atoms with Gasteiger partial charge in [-0.3, -0.25) is 4.79 Å². The van der Waals surface area contributed by atoms with Crippen LogP contribution >= 0.6 is 15.9 Å². The Morgan fingerprint density at radius 3 is 2.88 bits per heavy atom. The number of halogens is 2. The smallest absolute Gasteiger partial charge is 0.198 e. The Labute approximate surface area is 101 Å². The average molecular weight is 285 g/mol. The van der Waals surface area contributed by atoms with Gasteiger partial charge in [-0.2, -0.15) is 0 Å². The van der Waals surface area contributed by atoms with E-state index in [9.17, 15) is 9.18 Å². The molecular weight excluding hydrogens is 275 g/mol. The summed E-state index contributed by atoms with van der Waals surface area (Å²) in [5.41, 5.74) is 0.141. The number of carbonyl (C=O) groups excluding carboxylic acids is 1. The Morgan fingerprint density at radius 1 is 1.44 bits per heavy atom. The molecule has 0 saturated carbocycles. The molecule has 4 heteroatoms. The Morgan fingerprint density at radius 2 is 2.19 bits per heavy atom. The molecule has 1 heterocycles. The lowest BCUT2D eigenvalue weighted by molar-refractivity contribution is 0.0957. The van der Waals surface area contributed by atoms with Crippen LogP contribution in [0.4, 0.5) is 4.39 Å². The molecule has 0 amide bonds. The molecule has 0 atom stereocenters. The standard InChI is InChI=1S/C12H10BrFO2/c1-2-3-10(15)11-5-7-4-8(13)6-9(14)12(7)16-11/h4-6H,2-3H2,1H3. The van der Waals surface area contributed by atoms with Gasteiger partial charge in [0, 0.05) is 16.3 Å². The first-order valence-corrected chi connectivity index (χ1v) is 5.83. The van der Waals surface area contributed by atoms with Crippen molar-refractivity contribution in [3.05, 3.63) is 34.2 Å². The van der Waals surface area contributed by atoms with Crippen LogP contribution in [-0.4, -0.2) is 5.78 Å². The maximum Gasteiger partial charge on any atom is 0.198 e. The number of ketones is 1. The minimum Gasteiger partial charge on any atom is -0.450 e. The van der Waals surface area contributed by atoms with Gasteiger partial charge in [0.15, 0.2) is 22.9 Å². The number of furan rings is 1. The van der Waals surface area contributed by atoms with Gasteiger partial charge in [-0.1, -0.05) is 22.9 Å². The van der Waals surface area contributed by atoms with Crippen molar-refractivity contribution in [1.82, 2.24) is 0 Å². The van der Waals surface area contributed by atoms with Gasteiger partial charge in [-0.05, 0) is 24.6 Å². The van der Waals surface area contributed by atoms with Crippen molar-refractivity contribution in [3.63, 3.8) is 0 Å². The number of hydrogen-bond donors (Lipinski definition) is 0. The highest BCUT2D eigenvalue weighted by Crippen LogP contribution is 2.27. The zero-order valence-corrected chi connectivity index (χ0v) is 10.3. The predicted octanol–water partition coefficient (Wildman–Crippen LogP) is 4.32. The highest BCUT2D eigenvalue weighted by atomic mass is 79.9. The molecule has 0 bridgehead atoms. The molecule has 2 rings (SSSR count). The van der Waals surface area contributed by atoms with Crippen LogP contribution < -0.4 is 0 Å². The van der Waals surface area contributed by atoms with Gasteiger partial charge in [0.25, 0.3) is 0 Å². The maximum absolute atomic E-state index is 13.5. The summed E-state index contributed by atoms with van der Waals surface area (Å²) in [7, 11) is 0. The van der Waals surface area contributed by atoms with Gasteiger partial charge in [0.2, 0.25) is 0 Å². The molecule has 0 fully saturated rings. The van der Waals surface area contributed by atoms with E-state index >= 15 is 0 Å². The van der Waals surface area contributed by atoms with Crippen LogP contribution in [0.15, 0.2) is 27.1 Å². The summed E-state index contributed by atoms with van der Waals surface area (Å²) in [5, 5.41) is 0.603. The fourth-order valence-corrected chi connectivity index (χ4v) is 2.01. The highest BCUT2D eigenvalue weighted by molar-refractivity contribution is 9.10. The summed E-state index contributed by atoms with van der Waals surface area (Å²) in [6, 6.07) is 4.63. The second-order valence-electron chi connectivity index (χ2n) is 3.59. The lowest BCUT2D eigenvalue weighted by Gasteiger charge is -1.93. The average Bonchev–Trinajstić information content (AvgIpc) is 2.62. The zero-order chi connectivity index (χ0) is 11.7. The topological polar surface area (TPSA) is 30.2 Å². The number of benzene rings is 1. The Hall–Kier alpha value is -1.16.